The molecule has 0 aromatic heterocycles. The van der Waals surface area contributed by atoms with E-state index in [2.05, 4.69) is 10.3 Å². The molecule has 1 aromatic rings. The van der Waals surface area contributed by atoms with E-state index < -0.39 is 28.2 Å². The van der Waals surface area contributed by atoms with E-state index in [1.807, 2.05) is 0 Å². The van der Waals surface area contributed by atoms with Gasteiger partial charge in [-0.15, -0.1) is 0 Å². The summed E-state index contributed by atoms with van der Waals surface area (Å²) in [7, 11) is 0. The smallest absolute Gasteiger partial charge is 0.456 e. The molecule has 11 heteroatoms. The Morgan fingerprint density at radius 3 is 2.57 bits per heavy atom. The lowest BCUT2D eigenvalue weighted by Gasteiger charge is -2.19. The molecular formula is C19H22N4O7+. The van der Waals surface area contributed by atoms with Crippen LogP contribution < -0.4 is 10.2 Å². The van der Waals surface area contributed by atoms with Gasteiger partial charge in [0.2, 0.25) is 5.60 Å². The van der Waals surface area contributed by atoms with Gasteiger partial charge < -0.3 is 24.3 Å². The number of fused-ring (bicyclic) bond motifs is 1. The largest absolute Gasteiger partial charge is 0.568 e. The van der Waals surface area contributed by atoms with Crippen molar-refractivity contribution >= 4 is 23.8 Å². The molecule has 0 spiro atoms. The Hall–Kier alpha value is -3.47. The summed E-state index contributed by atoms with van der Waals surface area (Å²) in [5, 5.41) is 13.3. The third-order valence-corrected chi connectivity index (χ3v) is 4.03. The molecule has 1 aromatic carbocycles. The quantitative estimate of drug-likeness (QED) is 0.336. The lowest BCUT2D eigenvalue weighted by Crippen LogP contribution is -2.38. The topological polar surface area (TPSA) is 135 Å². The van der Waals surface area contributed by atoms with Crippen LogP contribution in [0.15, 0.2) is 41.3 Å². The molecular weight excluding hydrogens is 396 g/mol. The summed E-state index contributed by atoms with van der Waals surface area (Å²) < 4.78 is 16.1. The molecule has 1 fully saturated rings. The number of carbonyl (C=O) groups excluding carboxylic acids is 2. The van der Waals surface area contributed by atoms with Gasteiger partial charge >= 0.3 is 23.9 Å². The van der Waals surface area contributed by atoms with Crippen molar-refractivity contribution < 1.29 is 28.7 Å². The standard InChI is InChI=1S/C19H22N4O7/c1-18(2,3)29-15(24)12-5-7-13(8-6-12)20-17(25)28-11-19(4)10-22-9-14(23(26)27)21-16(22)30-19/h5-9H,10-11H2,1-4H3,(H,20,25)/q+1. The van der Waals surface area contributed by atoms with Crippen molar-refractivity contribution in [2.45, 2.75) is 38.9 Å². The molecule has 30 heavy (non-hydrogen) atoms. The first-order valence-electron chi connectivity index (χ1n) is 9.12. The molecule has 2 heterocycles. The van der Waals surface area contributed by atoms with E-state index in [0.717, 1.165) is 0 Å². The summed E-state index contributed by atoms with van der Waals surface area (Å²) >= 11 is 0. The molecule has 0 aliphatic carbocycles. The number of anilines is 1. The van der Waals surface area contributed by atoms with Crippen molar-refractivity contribution in [2.75, 3.05) is 18.5 Å². The molecule has 2 aliphatic rings. The third-order valence-electron chi connectivity index (χ3n) is 4.03. The summed E-state index contributed by atoms with van der Waals surface area (Å²) in [6, 6.07) is 6.30. The van der Waals surface area contributed by atoms with Crippen molar-refractivity contribution in [3.05, 3.63) is 52.0 Å². The maximum atomic E-state index is 12.1. The Bertz CT molecular complexity index is 933. The second kappa shape index (κ2) is 7.75. The first-order chi connectivity index (χ1) is 13.9. The highest BCUT2D eigenvalue weighted by atomic mass is 16.6. The maximum absolute atomic E-state index is 12.1. The molecule has 2 aliphatic heterocycles. The SMILES string of the molecule is CC(C)(C)OC(=O)c1ccc(NC(=O)OCC2(C)C[N+]3C=C([N+](=O)[O-])N=C3O2)cc1. The van der Waals surface area contributed by atoms with E-state index in [0.29, 0.717) is 11.3 Å². The molecule has 159 valence electrons. The lowest BCUT2D eigenvalue weighted by atomic mass is 10.1. The fraction of sp³-hybridized carbons (Fsp3) is 0.421. The summed E-state index contributed by atoms with van der Waals surface area (Å²) in [5.74, 6) is -0.763. The number of amidine groups is 1. The fourth-order valence-corrected chi connectivity index (χ4v) is 2.76. The molecule has 1 unspecified atom stereocenters. The highest BCUT2D eigenvalue weighted by Crippen LogP contribution is 2.26. The second-order valence-electron chi connectivity index (χ2n) is 8.10. The first kappa shape index (κ1) is 21.2. The van der Waals surface area contributed by atoms with E-state index in [1.165, 1.54) is 23.2 Å². The van der Waals surface area contributed by atoms with Gasteiger partial charge in [-0.1, -0.05) is 0 Å². The fourth-order valence-electron chi connectivity index (χ4n) is 2.76. The normalized spacial score (nSPS) is 20.5. The number of hydrogen-bond acceptors (Lipinski definition) is 9. The number of rotatable bonds is 5. The number of aliphatic imine (C=N–C) groups is 1. The Morgan fingerprint density at radius 2 is 2.00 bits per heavy atom. The van der Waals surface area contributed by atoms with Gasteiger partial charge in [-0.25, -0.2) is 9.59 Å². The number of ether oxygens (including phenoxy) is 3. The predicted molar refractivity (Wildman–Crippen MR) is 106 cm³/mol. The van der Waals surface area contributed by atoms with E-state index >= 15 is 0 Å². The van der Waals surface area contributed by atoms with Crippen LogP contribution in [-0.4, -0.2) is 47.4 Å². The molecule has 11 nitrogen and oxygen atoms in total. The van der Waals surface area contributed by atoms with Gasteiger partial charge in [0.1, 0.15) is 12.2 Å². The van der Waals surface area contributed by atoms with E-state index in [9.17, 15) is 19.7 Å². The van der Waals surface area contributed by atoms with Crippen LogP contribution in [0.1, 0.15) is 38.1 Å². The zero-order valence-corrected chi connectivity index (χ0v) is 17.0. The number of benzene rings is 1. The van der Waals surface area contributed by atoms with Gasteiger partial charge in [0.05, 0.1) is 10.6 Å². The molecule has 0 bridgehead atoms. The van der Waals surface area contributed by atoms with E-state index in [1.54, 1.807) is 39.8 Å². The lowest BCUT2D eigenvalue weighted by molar-refractivity contribution is -0.426. The van der Waals surface area contributed by atoms with Gasteiger partial charge in [-0.3, -0.25) is 5.32 Å². The van der Waals surface area contributed by atoms with Gasteiger partial charge in [-0.2, -0.15) is 0 Å². The highest BCUT2D eigenvalue weighted by Gasteiger charge is 2.57. The van der Waals surface area contributed by atoms with Crippen LogP contribution in [0.4, 0.5) is 10.5 Å². The van der Waals surface area contributed by atoms with Gasteiger partial charge in [0, 0.05) is 5.69 Å². The minimum absolute atomic E-state index is 0.0913. The third kappa shape index (κ3) is 5.11. The summed E-state index contributed by atoms with van der Waals surface area (Å²) in [5.41, 5.74) is -0.694. The summed E-state index contributed by atoms with van der Waals surface area (Å²) in [4.78, 5) is 39.5. The molecule has 1 amide bonds. The zero-order valence-electron chi connectivity index (χ0n) is 17.0. The van der Waals surface area contributed by atoms with Crippen LogP contribution in [-0.2, 0) is 14.2 Å². The average molecular weight is 418 g/mol. The van der Waals surface area contributed by atoms with Crippen molar-refractivity contribution in [3.63, 3.8) is 0 Å². The number of nitrogens with one attached hydrogen (secondary N) is 1. The number of amides is 1. The Labute approximate surface area is 172 Å². The second-order valence-corrected chi connectivity index (χ2v) is 8.10. The maximum Gasteiger partial charge on any atom is 0.568 e. The molecule has 1 radical (unpaired) electrons. The number of nitro groups is 1. The van der Waals surface area contributed by atoms with Gasteiger partial charge in [0.15, 0.2) is 6.54 Å². The minimum Gasteiger partial charge on any atom is -0.456 e. The highest BCUT2D eigenvalue weighted by molar-refractivity contribution is 5.91. The Kier molecular flexibility index (Phi) is 5.49. The molecule has 3 rings (SSSR count). The molecule has 1 saturated heterocycles. The van der Waals surface area contributed by atoms with E-state index in [-0.39, 0.29) is 25.0 Å². The number of nitrogens with zero attached hydrogens (tertiary/aromatic N) is 3. The Balaban J connectivity index is 1.49. The van der Waals surface area contributed by atoms with Crippen molar-refractivity contribution in [1.82, 2.24) is 4.90 Å². The zero-order chi connectivity index (χ0) is 22.1. The van der Waals surface area contributed by atoms with Crippen LogP contribution in [0, 0.1) is 10.1 Å². The van der Waals surface area contributed by atoms with Crippen molar-refractivity contribution in [1.29, 1.82) is 0 Å². The number of hydrogen-bond donors (Lipinski definition) is 1. The van der Waals surface area contributed by atoms with Crippen LogP contribution >= 0.6 is 0 Å². The van der Waals surface area contributed by atoms with Crippen LogP contribution in [0.2, 0.25) is 0 Å². The van der Waals surface area contributed by atoms with Crippen LogP contribution in [0.3, 0.4) is 0 Å². The van der Waals surface area contributed by atoms with Crippen LogP contribution in [0.5, 0.6) is 0 Å². The van der Waals surface area contributed by atoms with Gasteiger partial charge in [0.25, 0.3) is 6.20 Å². The van der Waals surface area contributed by atoms with Crippen molar-refractivity contribution in [2.24, 2.45) is 4.99 Å². The first-order valence-corrected chi connectivity index (χ1v) is 9.12. The predicted octanol–water partition coefficient (Wildman–Crippen LogP) is 2.56. The van der Waals surface area contributed by atoms with Crippen molar-refractivity contribution in [3.8, 4) is 0 Å². The molecule has 0 saturated carbocycles. The number of esters is 1. The van der Waals surface area contributed by atoms with E-state index in [4.69, 9.17) is 14.2 Å². The number of carbonyl (C=O) groups is 2. The van der Waals surface area contributed by atoms with Gasteiger partial charge in [-0.05, 0) is 61.8 Å². The average Bonchev–Trinajstić information content (AvgIpc) is 3.15. The molecule has 1 atom stereocenters. The Morgan fingerprint density at radius 1 is 1.33 bits per heavy atom. The van der Waals surface area contributed by atoms with Crippen LogP contribution in [0.25, 0.3) is 0 Å². The monoisotopic (exact) mass is 418 g/mol. The molecule has 1 N–H and O–H groups in total. The summed E-state index contributed by atoms with van der Waals surface area (Å²) in [6.07, 6.45) is 0.563. The minimum atomic E-state index is -0.893. The summed E-state index contributed by atoms with van der Waals surface area (Å²) in [6.45, 7) is 7.20.